The highest BCUT2D eigenvalue weighted by Gasteiger charge is 2.18. The van der Waals surface area contributed by atoms with Gasteiger partial charge in [-0.05, 0) is 18.8 Å². The van der Waals surface area contributed by atoms with Gasteiger partial charge in [0.25, 0.3) is 0 Å². The number of nitrogens with zero attached hydrogens (tertiary/aromatic N) is 2. The molecule has 1 aliphatic rings. The summed E-state index contributed by atoms with van der Waals surface area (Å²) in [7, 11) is 0. The first-order valence-corrected chi connectivity index (χ1v) is 6.09. The number of nitrogens with two attached hydrogens (primary N) is 1. The average Bonchev–Trinajstić information content (AvgIpc) is 2.68. The molecule has 0 radical (unpaired) electrons. The molecule has 0 aliphatic carbocycles. The summed E-state index contributed by atoms with van der Waals surface area (Å²) in [5.74, 6) is 0.886. The number of hydrogen-bond acceptors (Lipinski definition) is 4. The van der Waals surface area contributed by atoms with Gasteiger partial charge in [-0.3, -0.25) is 5.41 Å². The van der Waals surface area contributed by atoms with Crippen LogP contribution in [0.15, 0.2) is 5.38 Å². The van der Waals surface area contributed by atoms with E-state index in [1.54, 1.807) is 11.3 Å². The molecule has 4 nitrogen and oxygen atoms in total. The largest absolute Gasteiger partial charge is 0.382 e. The van der Waals surface area contributed by atoms with Gasteiger partial charge >= 0.3 is 0 Å². The van der Waals surface area contributed by atoms with Crippen molar-refractivity contribution in [1.29, 1.82) is 5.41 Å². The number of piperidine rings is 1. The lowest BCUT2D eigenvalue weighted by Crippen LogP contribution is -2.32. The van der Waals surface area contributed by atoms with Crippen LogP contribution in [0, 0.1) is 11.3 Å². The Balaban J connectivity index is 2.06. The molecular weight excluding hydrogens is 208 g/mol. The minimum Gasteiger partial charge on any atom is -0.382 e. The van der Waals surface area contributed by atoms with Crippen LogP contribution in [0.25, 0.3) is 0 Å². The molecule has 2 rings (SSSR count). The summed E-state index contributed by atoms with van der Waals surface area (Å²) in [4.78, 5) is 6.64. The van der Waals surface area contributed by atoms with Gasteiger partial charge in [-0.1, -0.05) is 6.92 Å². The number of nitrogens with one attached hydrogen (secondary N) is 1. The molecule has 1 aliphatic heterocycles. The van der Waals surface area contributed by atoms with Crippen LogP contribution >= 0.6 is 11.3 Å². The highest BCUT2D eigenvalue weighted by atomic mass is 32.1. The summed E-state index contributed by atoms with van der Waals surface area (Å²) in [6.45, 7) is 4.44. The highest BCUT2D eigenvalue weighted by molar-refractivity contribution is 7.13. The predicted octanol–water partition coefficient (Wildman–Crippen LogP) is 1.66. The van der Waals surface area contributed by atoms with Crippen molar-refractivity contribution in [2.45, 2.75) is 19.8 Å². The maximum absolute atomic E-state index is 7.30. The third-order valence-corrected chi connectivity index (χ3v) is 3.72. The second-order valence-corrected chi connectivity index (χ2v) is 4.94. The van der Waals surface area contributed by atoms with Gasteiger partial charge in [0.2, 0.25) is 0 Å². The lowest BCUT2D eigenvalue weighted by Gasteiger charge is -2.29. The standard InChI is InChI=1S/C10H16N4S/c1-7-2-4-14(5-3-7)10-13-8(6-15-10)9(11)12/h6-7H,2-5H2,1H3,(H3,11,12). The van der Waals surface area contributed by atoms with Gasteiger partial charge in [-0.2, -0.15) is 0 Å². The maximum Gasteiger partial charge on any atom is 0.185 e. The molecule has 0 aromatic carbocycles. The lowest BCUT2D eigenvalue weighted by atomic mass is 10.00. The summed E-state index contributed by atoms with van der Waals surface area (Å²) in [5, 5.41) is 10.2. The van der Waals surface area contributed by atoms with E-state index in [4.69, 9.17) is 11.1 Å². The van der Waals surface area contributed by atoms with Crippen molar-refractivity contribution in [2.75, 3.05) is 18.0 Å². The van der Waals surface area contributed by atoms with Gasteiger partial charge in [0.05, 0.1) is 0 Å². The van der Waals surface area contributed by atoms with E-state index in [0.29, 0.717) is 5.69 Å². The van der Waals surface area contributed by atoms with Gasteiger partial charge in [0, 0.05) is 18.5 Å². The number of anilines is 1. The number of rotatable bonds is 2. The Labute approximate surface area is 93.6 Å². The highest BCUT2D eigenvalue weighted by Crippen LogP contribution is 2.25. The summed E-state index contributed by atoms with van der Waals surface area (Å²) >= 11 is 1.58. The zero-order valence-electron chi connectivity index (χ0n) is 8.86. The molecule has 2 heterocycles. The van der Waals surface area contributed by atoms with Crippen LogP contribution in [-0.2, 0) is 0 Å². The van der Waals surface area contributed by atoms with Crippen LogP contribution in [-0.4, -0.2) is 23.9 Å². The second kappa shape index (κ2) is 4.18. The van der Waals surface area contributed by atoms with Gasteiger partial charge in [0.1, 0.15) is 11.5 Å². The van der Waals surface area contributed by atoms with Gasteiger partial charge in [-0.15, -0.1) is 11.3 Å². The average molecular weight is 224 g/mol. The maximum atomic E-state index is 7.30. The molecule has 3 N–H and O–H groups in total. The third-order valence-electron chi connectivity index (χ3n) is 2.82. The normalized spacial score (nSPS) is 18.1. The van der Waals surface area contributed by atoms with E-state index < -0.39 is 0 Å². The van der Waals surface area contributed by atoms with E-state index in [2.05, 4.69) is 16.8 Å². The fraction of sp³-hybridized carbons (Fsp3) is 0.600. The second-order valence-electron chi connectivity index (χ2n) is 4.10. The van der Waals surface area contributed by atoms with Crippen molar-refractivity contribution in [2.24, 2.45) is 11.7 Å². The van der Waals surface area contributed by atoms with Crippen molar-refractivity contribution >= 4 is 22.3 Å². The fourth-order valence-corrected chi connectivity index (χ4v) is 2.61. The number of amidine groups is 1. The molecular formula is C10H16N4S. The molecule has 1 aromatic rings. The molecule has 5 heteroatoms. The Bertz CT molecular complexity index is 352. The first-order valence-electron chi connectivity index (χ1n) is 5.21. The van der Waals surface area contributed by atoms with Crippen molar-refractivity contribution in [3.8, 4) is 0 Å². The Morgan fingerprint density at radius 2 is 2.27 bits per heavy atom. The number of nitrogen functional groups attached to an aromatic ring is 1. The van der Waals surface area contributed by atoms with Crippen molar-refractivity contribution < 1.29 is 0 Å². The van der Waals surface area contributed by atoms with Gasteiger partial charge in [0.15, 0.2) is 5.13 Å². The van der Waals surface area contributed by atoms with Crippen molar-refractivity contribution in [3.63, 3.8) is 0 Å². The summed E-state index contributed by atoms with van der Waals surface area (Å²) in [5.41, 5.74) is 5.99. The monoisotopic (exact) mass is 224 g/mol. The zero-order chi connectivity index (χ0) is 10.8. The molecule has 15 heavy (non-hydrogen) atoms. The minimum absolute atomic E-state index is 0.0582. The number of aromatic nitrogens is 1. The quantitative estimate of drug-likeness (QED) is 0.593. The first-order chi connectivity index (χ1) is 7.16. The van der Waals surface area contributed by atoms with E-state index in [9.17, 15) is 0 Å². The van der Waals surface area contributed by atoms with E-state index in [-0.39, 0.29) is 5.84 Å². The SMILES string of the molecule is CC1CCN(c2nc(C(=N)N)cs2)CC1. The molecule has 0 unspecified atom stereocenters. The Kier molecular flexibility index (Phi) is 2.90. The summed E-state index contributed by atoms with van der Waals surface area (Å²) < 4.78 is 0. The van der Waals surface area contributed by atoms with Crippen LogP contribution in [0.5, 0.6) is 0 Å². The van der Waals surface area contributed by atoms with Crippen LogP contribution < -0.4 is 10.6 Å². The lowest BCUT2D eigenvalue weighted by molar-refractivity contribution is 0.438. The van der Waals surface area contributed by atoms with Crippen molar-refractivity contribution in [3.05, 3.63) is 11.1 Å². The molecule has 1 aromatic heterocycles. The van der Waals surface area contributed by atoms with Crippen LogP contribution in [0.3, 0.4) is 0 Å². The minimum atomic E-state index is 0.0582. The summed E-state index contributed by atoms with van der Waals surface area (Å²) in [6, 6.07) is 0. The van der Waals surface area contributed by atoms with E-state index in [1.165, 1.54) is 12.8 Å². The molecule has 82 valence electrons. The molecule has 0 bridgehead atoms. The number of hydrogen-bond donors (Lipinski definition) is 2. The Morgan fingerprint density at radius 3 is 2.80 bits per heavy atom. The van der Waals surface area contributed by atoms with E-state index in [0.717, 1.165) is 24.1 Å². The molecule has 0 amide bonds. The number of thiazole rings is 1. The molecule has 0 spiro atoms. The first kappa shape index (κ1) is 10.4. The summed E-state index contributed by atoms with van der Waals surface area (Å²) in [6.07, 6.45) is 2.46. The fourth-order valence-electron chi connectivity index (χ4n) is 1.73. The molecule has 1 fully saturated rings. The Morgan fingerprint density at radius 1 is 1.60 bits per heavy atom. The van der Waals surface area contributed by atoms with Crippen LogP contribution in [0.2, 0.25) is 0 Å². The molecule has 0 saturated carbocycles. The Hall–Kier alpha value is -1.10. The van der Waals surface area contributed by atoms with Crippen LogP contribution in [0.4, 0.5) is 5.13 Å². The van der Waals surface area contributed by atoms with Gasteiger partial charge in [-0.25, -0.2) is 4.98 Å². The smallest absolute Gasteiger partial charge is 0.185 e. The van der Waals surface area contributed by atoms with E-state index >= 15 is 0 Å². The molecule has 0 atom stereocenters. The zero-order valence-corrected chi connectivity index (χ0v) is 9.68. The van der Waals surface area contributed by atoms with Crippen LogP contribution in [0.1, 0.15) is 25.5 Å². The van der Waals surface area contributed by atoms with E-state index in [1.807, 2.05) is 5.38 Å². The topological polar surface area (TPSA) is 66.0 Å². The molecule has 1 saturated heterocycles. The van der Waals surface area contributed by atoms with Gasteiger partial charge < -0.3 is 10.6 Å². The third kappa shape index (κ3) is 2.28. The van der Waals surface area contributed by atoms with Crippen molar-refractivity contribution in [1.82, 2.24) is 4.98 Å². The predicted molar refractivity (Wildman–Crippen MR) is 63.7 cm³/mol.